The lowest BCUT2D eigenvalue weighted by Gasteiger charge is -2.23. The number of allylic oxidation sites excluding steroid dienone is 1. The molecule has 0 aromatic heterocycles. The van der Waals surface area contributed by atoms with E-state index in [4.69, 9.17) is 4.74 Å². The first-order valence-electron chi connectivity index (χ1n) is 10.1. The van der Waals surface area contributed by atoms with Gasteiger partial charge in [0.25, 0.3) is 5.69 Å². The molecule has 1 fully saturated rings. The molecular weight excluding hydrogens is 406 g/mol. The van der Waals surface area contributed by atoms with Crippen LogP contribution in [0.4, 0.5) is 14.5 Å². The molecule has 2 unspecified atom stereocenters. The van der Waals surface area contributed by atoms with Crippen LogP contribution < -0.4 is 0 Å². The first-order valence-corrected chi connectivity index (χ1v) is 10.1. The molecular formula is C23H24F2N2O4. The lowest BCUT2D eigenvalue weighted by Crippen LogP contribution is -2.27. The van der Waals surface area contributed by atoms with Crippen molar-refractivity contribution in [1.82, 2.24) is 4.90 Å². The van der Waals surface area contributed by atoms with Crippen molar-refractivity contribution in [3.8, 4) is 0 Å². The van der Waals surface area contributed by atoms with Crippen LogP contribution in [0.5, 0.6) is 0 Å². The fourth-order valence-electron chi connectivity index (χ4n) is 3.65. The Labute approximate surface area is 179 Å². The molecule has 0 aliphatic carbocycles. The van der Waals surface area contributed by atoms with Crippen molar-refractivity contribution in [1.29, 1.82) is 0 Å². The van der Waals surface area contributed by atoms with E-state index in [9.17, 15) is 23.7 Å². The summed E-state index contributed by atoms with van der Waals surface area (Å²) in [6, 6.07) is 8.05. The Kier molecular flexibility index (Phi) is 7.12. The number of hydrogen-bond donors (Lipinski definition) is 0. The van der Waals surface area contributed by atoms with E-state index in [1.54, 1.807) is 0 Å². The first-order chi connectivity index (χ1) is 14.7. The summed E-state index contributed by atoms with van der Waals surface area (Å²) >= 11 is 0. The van der Waals surface area contributed by atoms with Crippen molar-refractivity contribution >= 4 is 11.7 Å². The van der Waals surface area contributed by atoms with Gasteiger partial charge in [0.2, 0.25) is 0 Å². The molecule has 0 saturated carbocycles. The average Bonchev–Trinajstić information content (AvgIpc) is 3.11. The van der Waals surface area contributed by atoms with Gasteiger partial charge in [0.15, 0.2) is 0 Å². The maximum atomic E-state index is 14.4. The molecule has 1 aliphatic heterocycles. The minimum atomic E-state index is -0.613. The van der Waals surface area contributed by atoms with Crippen LogP contribution in [0.3, 0.4) is 0 Å². The third-order valence-corrected chi connectivity index (χ3v) is 5.13. The molecule has 2 aromatic rings. The SMILES string of the molecule is CC(C)/C=C\CN1CC(OC(=O)c2ccc([N+](=O)[O-])cc2)CC1c1cc(F)ccc1F. The number of carbonyl (C=O) groups excluding carboxylic acids is 1. The zero-order chi connectivity index (χ0) is 22.5. The predicted molar refractivity (Wildman–Crippen MR) is 112 cm³/mol. The van der Waals surface area contributed by atoms with Gasteiger partial charge in [-0.1, -0.05) is 26.0 Å². The second-order valence-electron chi connectivity index (χ2n) is 7.87. The van der Waals surface area contributed by atoms with Gasteiger partial charge in [0.1, 0.15) is 17.7 Å². The highest BCUT2D eigenvalue weighted by Gasteiger charge is 2.36. The number of nitro benzene ring substituents is 1. The van der Waals surface area contributed by atoms with Gasteiger partial charge in [-0.2, -0.15) is 0 Å². The van der Waals surface area contributed by atoms with E-state index in [2.05, 4.69) is 0 Å². The summed E-state index contributed by atoms with van der Waals surface area (Å²) in [6.45, 7) is 4.95. The Morgan fingerprint density at radius 3 is 2.61 bits per heavy atom. The second kappa shape index (κ2) is 9.78. The molecule has 31 heavy (non-hydrogen) atoms. The fourth-order valence-corrected chi connectivity index (χ4v) is 3.65. The van der Waals surface area contributed by atoms with Crippen LogP contribution in [-0.4, -0.2) is 35.0 Å². The van der Waals surface area contributed by atoms with E-state index in [1.165, 1.54) is 30.3 Å². The van der Waals surface area contributed by atoms with Gasteiger partial charge in [-0.25, -0.2) is 13.6 Å². The van der Waals surface area contributed by atoms with Crippen molar-refractivity contribution in [3.05, 3.63) is 87.5 Å². The normalized spacial score (nSPS) is 19.3. The van der Waals surface area contributed by atoms with Crippen LogP contribution in [0.15, 0.2) is 54.6 Å². The van der Waals surface area contributed by atoms with Crippen LogP contribution in [-0.2, 0) is 4.74 Å². The van der Waals surface area contributed by atoms with Crippen molar-refractivity contribution in [2.24, 2.45) is 5.92 Å². The topological polar surface area (TPSA) is 72.7 Å². The number of halogens is 2. The molecule has 1 heterocycles. The number of non-ortho nitro benzene ring substituents is 1. The highest BCUT2D eigenvalue weighted by molar-refractivity contribution is 5.89. The van der Waals surface area contributed by atoms with E-state index in [0.29, 0.717) is 25.4 Å². The molecule has 0 amide bonds. The molecule has 2 atom stereocenters. The van der Waals surface area contributed by atoms with Gasteiger partial charge in [0, 0.05) is 43.2 Å². The summed E-state index contributed by atoms with van der Waals surface area (Å²) in [5, 5.41) is 10.8. The zero-order valence-corrected chi connectivity index (χ0v) is 17.3. The monoisotopic (exact) mass is 430 g/mol. The highest BCUT2D eigenvalue weighted by atomic mass is 19.1. The lowest BCUT2D eigenvalue weighted by atomic mass is 10.0. The van der Waals surface area contributed by atoms with Gasteiger partial charge >= 0.3 is 5.97 Å². The Bertz CT molecular complexity index is 976. The Morgan fingerprint density at radius 1 is 1.26 bits per heavy atom. The van der Waals surface area contributed by atoms with E-state index in [1.807, 2.05) is 30.9 Å². The molecule has 0 radical (unpaired) electrons. The summed E-state index contributed by atoms with van der Waals surface area (Å²) in [4.78, 5) is 24.7. The number of benzene rings is 2. The van der Waals surface area contributed by atoms with Crippen molar-refractivity contribution in [2.45, 2.75) is 32.4 Å². The number of hydrogen-bond acceptors (Lipinski definition) is 5. The van der Waals surface area contributed by atoms with Crippen molar-refractivity contribution in [2.75, 3.05) is 13.1 Å². The minimum absolute atomic E-state index is 0.123. The largest absolute Gasteiger partial charge is 0.457 e. The summed E-state index contributed by atoms with van der Waals surface area (Å²) in [5.41, 5.74) is 0.297. The Hall–Kier alpha value is -3.13. The molecule has 0 N–H and O–H groups in total. The van der Waals surface area contributed by atoms with Gasteiger partial charge in [-0.3, -0.25) is 15.0 Å². The third kappa shape index (κ3) is 5.73. The molecule has 3 rings (SSSR count). The maximum absolute atomic E-state index is 14.4. The summed E-state index contributed by atoms with van der Waals surface area (Å²) < 4.78 is 33.8. The van der Waals surface area contributed by atoms with Crippen molar-refractivity contribution < 1.29 is 23.2 Å². The molecule has 2 aromatic carbocycles. The number of rotatable bonds is 7. The number of likely N-dealkylation sites (tertiary alicyclic amines) is 1. The Morgan fingerprint density at radius 2 is 1.97 bits per heavy atom. The molecule has 164 valence electrons. The predicted octanol–water partition coefficient (Wildman–Crippen LogP) is 5.06. The maximum Gasteiger partial charge on any atom is 0.338 e. The number of carbonyl (C=O) groups is 1. The summed E-state index contributed by atoms with van der Waals surface area (Å²) in [5.74, 6) is -1.30. The molecule has 6 nitrogen and oxygen atoms in total. The third-order valence-electron chi connectivity index (χ3n) is 5.13. The number of nitrogens with zero attached hydrogens (tertiary/aromatic N) is 2. The molecule has 0 spiro atoms. The molecule has 8 heteroatoms. The quantitative estimate of drug-likeness (QED) is 0.266. The number of nitro groups is 1. The minimum Gasteiger partial charge on any atom is -0.457 e. The Balaban J connectivity index is 1.76. The molecule has 1 aliphatic rings. The van der Waals surface area contributed by atoms with Gasteiger partial charge in [0.05, 0.1) is 10.5 Å². The van der Waals surface area contributed by atoms with Gasteiger partial charge in [-0.15, -0.1) is 0 Å². The zero-order valence-electron chi connectivity index (χ0n) is 17.3. The van der Waals surface area contributed by atoms with E-state index in [0.717, 1.165) is 12.1 Å². The smallest absolute Gasteiger partial charge is 0.338 e. The van der Waals surface area contributed by atoms with Crippen LogP contribution in [0.1, 0.15) is 42.2 Å². The van der Waals surface area contributed by atoms with Gasteiger partial charge < -0.3 is 4.74 Å². The fraction of sp³-hybridized carbons (Fsp3) is 0.348. The lowest BCUT2D eigenvalue weighted by molar-refractivity contribution is -0.384. The number of esters is 1. The van der Waals surface area contributed by atoms with Crippen LogP contribution >= 0.6 is 0 Å². The van der Waals surface area contributed by atoms with Crippen LogP contribution in [0.25, 0.3) is 0 Å². The van der Waals surface area contributed by atoms with Crippen LogP contribution in [0, 0.1) is 27.7 Å². The summed E-state index contributed by atoms with van der Waals surface area (Å²) in [6.07, 6.45) is 3.78. The van der Waals surface area contributed by atoms with E-state index < -0.39 is 34.7 Å². The first kappa shape index (κ1) is 22.6. The standard InChI is InChI=1S/C23H24F2N2O4/c1-15(2)4-3-11-26-14-19(13-22(26)20-12-17(24)7-10-21(20)25)31-23(28)16-5-8-18(9-6-16)27(29)30/h3-10,12,15,19,22H,11,13-14H2,1-2H3/b4-3-. The number of ether oxygens (including phenoxy) is 1. The van der Waals surface area contributed by atoms with Gasteiger partial charge in [-0.05, 0) is 36.2 Å². The van der Waals surface area contributed by atoms with E-state index in [-0.39, 0.29) is 16.8 Å². The summed E-state index contributed by atoms with van der Waals surface area (Å²) in [7, 11) is 0. The molecule has 0 bridgehead atoms. The second-order valence-corrected chi connectivity index (χ2v) is 7.87. The highest BCUT2D eigenvalue weighted by Crippen LogP contribution is 2.35. The van der Waals surface area contributed by atoms with E-state index >= 15 is 0 Å². The average molecular weight is 430 g/mol. The van der Waals surface area contributed by atoms with Crippen molar-refractivity contribution in [3.63, 3.8) is 0 Å². The van der Waals surface area contributed by atoms with Crippen LogP contribution in [0.2, 0.25) is 0 Å². The molecule has 1 saturated heterocycles.